The smallest absolute Gasteiger partial charge is 0.244 e. The van der Waals surface area contributed by atoms with Gasteiger partial charge in [0, 0.05) is 39.3 Å². The van der Waals surface area contributed by atoms with Crippen LogP contribution in [-0.4, -0.2) is 63.1 Å². The van der Waals surface area contributed by atoms with Crippen molar-refractivity contribution in [1.29, 1.82) is 0 Å². The van der Waals surface area contributed by atoms with Gasteiger partial charge in [-0.05, 0) is 31.4 Å². The highest BCUT2D eigenvalue weighted by molar-refractivity contribution is 7.89. The minimum atomic E-state index is -3.61. The van der Waals surface area contributed by atoms with Gasteiger partial charge in [-0.2, -0.15) is 4.31 Å². The van der Waals surface area contributed by atoms with Gasteiger partial charge in [0.2, 0.25) is 10.0 Å². The van der Waals surface area contributed by atoms with Crippen molar-refractivity contribution < 1.29 is 13.2 Å². The molecule has 24 heavy (non-hydrogen) atoms. The number of halogens is 2. The predicted octanol–water partition coefficient (Wildman–Crippen LogP) is 2.87. The Hall–Kier alpha value is -0.370. The van der Waals surface area contributed by atoms with E-state index in [0.717, 1.165) is 26.0 Å². The molecule has 2 saturated heterocycles. The van der Waals surface area contributed by atoms with E-state index in [4.69, 9.17) is 27.9 Å². The maximum atomic E-state index is 12.8. The minimum Gasteiger partial charge on any atom is -0.377 e. The number of hydrogen-bond acceptors (Lipinski definition) is 4. The number of hydrogen-bond donors (Lipinski definition) is 0. The van der Waals surface area contributed by atoms with Crippen LogP contribution in [0.3, 0.4) is 0 Å². The Morgan fingerprint density at radius 2 is 1.88 bits per heavy atom. The van der Waals surface area contributed by atoms with Crippen molar-refractivity contribution in [3.63, 3.8) is 0 Å². The third-order valence-electron chi connectivity index (χ3n) is 4.60. The Balaban J connectivity index is 1.62. The normalized spacial score (nSPS) is 24.2. The van der Waals surface area contributed by atoms with Crippen molar-refractivity contribution in [2.24, 2.45) is 0 Å². The van der Waals surface area contributed by atoms with Gasteiger partial charge in [-0.3, -0.25) is 4.90 Å². The summed E-state index contributed by atoms with van der Waals surface area (Å²) in [6, 6.07) is 4.70. The summed E-state index contributed by atoms with van der Waals surface area (Å²) >= 11 is 12.0. The lowest BCUT2D eigenvalue weighted by atomic mass is 10.1. The number of piperazine rings is 1. The van der Waals surface area contributed by atoms with Crippen LogP contribution in [0.25, 0.3) is 0 Å². The van der Waals surface area contributed by atoms with Crippen molar-refractivity contribution >= 4 is 33.2 Å². The van der Waals surface area contributed by atoms with Crippen LogP contribution in [0.1, 0.15) is 19.3 Å². The van der Waals surface area contributed by atoms with Crippen molar-refractivity contribution in [1.82, 2.24) is 9.21 Å². The predicted molar refractivity (Wildman–Crippen MR) is 95.3 cm³/mol. The van der Waals surface area contributed by atoms with Crippen LogP contribution in [0.2, 0.25) is 10.0 Å². The molecule has 0 amide bonds. The van der Waals surface area contributed by atoms with E-state index in [2.05, 4.69) is 4.90 Å². The van der Waals surface area contributed by atoms with Gasteiger partial charge >= 0.3 is 0 Å². The molecule has 1 aromatic rings. The van der Waals surface area contributed by atoms with Crippen molar-refractivity contribution in [2.75, 3.05) is 39.3 Å². The second kappa shape index (κ2) is 7.89. The standard InChI is InChI=1S/C16H22Cl2N2O3S/c17-14-5-3-6-15(16(14)18)24(21,22)20-9-7-19(8-10-20)12-13-4-1-2-11-23-13/h3,5-6,13H,1-2,4,7-12H2/t13-/m0/s1. The Bertz CT molecular complexity index is 670. The van der Waals surface area contributed by atoms with E-state index in [1.54, 1.807) is 12.1 Å². The Kier molecular flexibility index (Phi) is 6.06. The number of ether oxygens (including phenoxy) is 1. The molecule has 0 bridgehead atoms. The summed E-state index contributed by atoms with van der Waals surface area (Å²) < 4.78 is 32.8. The van der Waals surface area contributed by atoms with Crippen LogP contribution in [-0.2, 0) is 14.8 Å². The zero-order chi connectivity index (χ0) is 17.2. The molecule has 0 radical (unpaired) electrons. The lowest BCUT2D eigenvalue weighted by Gasteiger charge is -2.36. The summed E-state index contributed by atoms with van der Waals surface area (Å²) in [4.78, 5) is 2.36. The first-order valence-electron chi connectivity index (χ1n) is 8.26. The maximum absolute atomic E-state index is 12.8. The molecular weight excluding hydrogens is 371 g/mol. The number of benzene rings is 1. The van der Waals surface area contributed by atoms with Crippen molar-refractivity contribution in [3.8, 4) is 0 Å². The fourth-order valence-electron chi connectivity index (χ4n) is 3.21. The van der Waals surface area contributed by atoms with E-state index in [0.29, 0.717) is 26.2 Å². The van der Waals surface area contributed by atoms with E-state index in [1.807, 2.05) is 0 Å². The van der Waals surface area contributed by atoms with Gasteiger partial charge < -0.3 is 4.74 Å². The molecule has 0 saturated carbocycles. The molecule has 0 aromatic heterocycles. The van der Waals surface area contributed by atoms with Crippen LogP contribution < -0.4 is 0 Å². The minimum absolute atomic E-state index is 0.0840. The van der Waals surface area contributed by atoms with Crippen molar-refractivity contribution in [2.45, 2.75) is 30.3 Å². The SMILES string of the molecule is O=S(=O)(c1cccc(Cl)c1Cl)N1CCN(C[C@@H]2CCCCO2)CC1. The molecule has 0 N–H and O–H groups in total. The molecule has 5 nitrogen and oxygen atoms in total. The van der Waals surface area contributed by atoms with Crippen LogP contribution in [0.4, 0.5) is 0 Å². The first-order valence-corrected chi connectivity index (χ1v) is 10.5. The van der Waals surface area contributed by atoms with Gasteiger partial charge in [0.15, 0.2) is 0 Å². The largest absolute Gasteiger partial charge is 0.377 e. The third-order valence-corrected chi connectivity index (χ3v) is 7.47. The Morgan fingerprint density at radius 3 is 2.54 bits per heavy atom. The zero-order valence-corrected chi connectivity index (χ0v) is 15.8. The molecule has 1 atom stereocenters. The third kappa shape index (κ3) is 4.06. The zero-order valence-electron chi connectivity index (χ0n) is 13.5. The van der Waals surface area contributed by atoms with E-state index in [1.165, 1.54) is 16.8 Å². The second-order valence-electron chi connectivity index (χ2n) is 6.25. The molecule has 8 heteroatoms. The molecule has 2 aliphatic rings. The lowest BCUT2D eigenvalue weighted by Crippen LogP contribution is -2.50. The monoisotopic (exact) mass is 392 g/mol. The van der Waals surface area contributed by atoms with Gasteiger partial charge in [-0.1, -0.05) is 29.3 Å². The summed E-state index contributed by atoms with van der Waals surface area (Å²) in [5, 5.41) is 0.350. The number of rotatable bonds is 4. The first-order chi connectivity index (χ1) is 11.5. The van der Waals surface area contributed by atoms with Gasteiger partial charge in [-0.15, -0.1) is 0 Å². The summed E-state index contributed by atoms with van der Waals surface area (Å²) in [5.74, 6) is 0. The van der Waals surface area contributed by atoms with Crippen LogP contribution in [0.15, 0.2) is 23.1 Å². The first kappa shape index (κ1) is 18.4. The second-order valence-corrected chi connectivity index (χ2v) is 8.94. The highest BCUT2D eigenvalue weighted by Crippen LogP contribution is 2.31. The van der Waals surface area contributed by atoms with Gasteiger partial charge in [-0.25, -0.2) is 8.42 Å². The topological polar surface area (TPSA) is 49.9 Å². The fourth-order valence-corrected chi connectivity index (χ4v) is 5.37. The molecule has 2 aliphatic heterocycles. The van der Waals surface area contributed by atoms with Crippen LogP contribution in [0.5, 0.6) is 0 Å². The molecule has 0 spiro atoms. The quantitative estimate of drug-likeness (QED) is 0.790. The van der Waals surface area contributed by atoms with Crippen LogP contribution in [0, 0.1) is 0 Å². The highest BCUT2D eigenvalue weighted by atomic mass is 35.5. The molecular formula is C16H22Cl2N2O3S. The Morgan fingerprint density at radius 1 is 1.12 bits per heavy atom. The van der Waals surface area contributed by atoms with Crippen molar-refractivity contribution in [3.05, 3.63) is 28.2 Å². The van der Waals surface area contributed by atoms with Gasteiger partial charge in [0.1, 0.15) is 4.90 Å². The summed E-state index contributed by atoms with van der Waals surface area (Å²) in [5.41, 5.74) is 0. The summed E-state index contributed by atoms with van der Waals surface area (Å²) in [7, 11) is -3.61. The van der Waals surface area contributed by atoms with Crippen LogP contribution >= 0.6 is 23.2 Å². The lowest BCUT2D eigenvalue weighted by molar-refractivity contribution is -0.0103. The van der Waals surface area contributed by atoms with Gasteiger partial charge in [0.05, 0.1) is 16.1 Å². The molecule has 134 valence electrons. The van der Waals surface area contributed by atoms with E-state index >= 15 is 0 Å². The molecule has 1 aromatic carbocycles. The molecule has 3 rings (SSSR count). The average Bonchev–Trinajstić information content (AvgIpc) is 2.58. The van der Waals surface area contributed by atoms with E-state index in [9.17, 15) is 8.42 Å². The van der Waals surface area contributed by atoms with E-state index in [-0.39, 0.29) is 21.0 Å². The Labute approximate surface area is 153 Å². The summed E-state index contributed by atoms with van der Waals surface area (Å²) in [6.07, 6.45) is 3.73. The molecule has 0 aliphatic carbocycles. The highest BCUT2D eigenvalue weighted by Gasteiger charge is 2.31. The maximum Gasteiger partial charge on any atom is 0.244 e. The number of nitrogens with zero attached hydrogens (tertiary/aromatic N) is 2. The number of sulfonamides is 1. The average molecular weight is 393 g/mol. The van der Waals surface area contributed by atoms with E-state index < -0.39 is 10.0 Å². The summed E-state index contributed by atoms with van der Waals surface area (Å²) in [6.45, 7) is 4.04. The van der Waals surface area contributed by atoms with Gasteiger partial charge in [0.25, 0.3) is 0 Å². The molecule has 2 fully saturated rings. The molecule has 0 unspecified atom stereocenters. The molecule has 2 heterocycles. The fraction of sp³-hybridized carbons (Fsp3) is 0.625.